The van der Waals surface area contributed by atoms with Crippen molar-refractivity contribution in [3.05, 3.63) is 77.4 Å². The summed E-state index contributed by atoms with van der Waals surface area (Å²) in [4.78, 5) is 24.5. The van der Waals surface area contributed by atoms with E-state index in [9.17, 15) is 14.3 Å². The van der Waals surface area contributed by atoms with Gasteiger partial charge < -0.3 is 15.3 Å². The van der Waals surface area contributed by atoms with E-state index < -0.39 is 17.3 Å². The van der Waals surface area contributed by atoms with E-state index in [1.807, 2.05) is 0 Å². The number of aromatic nitrogens is 3. The quantitative estimate of drug-likeness (QED) is 0.496. The van der Waals surface area contributed by atoms with Gasteiger partial charge in [-0.05, 0) is 38.1 Å². The molecule has 31 heavy (non-hydrogen) atoms. The average molecular weight is 416 g/mol. The van der Waals surface area contributed by atoms with Crippen molar-refractivity contribution in [2.75, 3.05) is 0 Å². The van der Waals surface area contributed by atoms with Gasteiger partial charge in [-0.2, -0.15) is 0 Å². The summed E-state index contributed by atoms with van der Waals surface area (Å²) in [6.07, 6.45) is 1.50. The van der Waals surface area contributed by atoms with Crippen molar-refractivity contribution >= 4 is 16.8 Å². The Hall–Kier alpha value is -4.09. The van der Waals surface area contributed by atoms with Gasteiger partial charge in [-0.25, -0.2) is 19.3 Å². The molecule has 0 saturated heterocycles. The van der Waals surface area contributed by atoms with Crippen LogP contribution >= 0.6 is 0 Å². The summed E-state index contributed by atoms with van der Waals surface area (Å²) in [6, 6.07) is 10.7. The summed E-state index contributed by atoms with van der Waals surface area (Å²) in [7, 11) is 0. The highest BCUT2D eigenvalue weighted by Crippen LogP contribution is 2.24. The molecule has 8 heteroatoms. The lowest BCUT2D eigenvalue weighted by atomic mass is 10.1. The maximum absolute atomic E-state index is 13.7. The molecule has 0 aliphatic carbocycles. The third-order valence-corrected chi connectivity index (χ3v) is 4.50. The van der Waals surface area contributed by atoms with E-state index in [1.165, 1.54) is 31.3 Å². The molecule has 7 nitrogen and oxygen atoms in total. The lowest BCUT2D eigenvalue weighted by molar-refractivity contribution is 0.0882. The number of halogens is 1. The highest BCUT2D eigenvalue weighted by atomic mass is 19.1. The van der Waals surface area contributed by atoms with Gasteiger partial charge in [0, 0.05) is 22.6 Å². The zero-order chi connectivity index (χ0) is 22.2. The average Bonchev–Trinajstić information content (AvgIpc) is 3.19. The van der Waals surface area contributed by atoms with Crippen LogP contribution in [0.5, 0.6) is 0 Å². The van der Waals surface area contributed by atoms with Crippen molar-refractivity contribution in [2.45, 2.75) is 19.4 Å². The highest BCUT2D eigenvalue weighted by molar-refractivity contribution is 6.04. The smallest absolute Gasteiger partial charge is 0.268 e. The molecule has 0 aliphatic rings. The lowest BCUT2D eigenvalue weighted by Gasteiger charge is -2.11. The minimum atomic E-state index is -1.58. The van der Waals surface area contributed by atoms with Gasteiger partial charge in [0.1, 0.15) is 17.3 Å². The second-order valence-electron chi connectivity index (χ2n) is 7.10. The molecule has 2 aromatic heterocycles. The molecular weight excluding hydrogens is 399 g/mol. The number of nitrogens with two attached hydrogens (primary N) is 1. The summed E-state index contributed by atoms with van der Waals surface area (Å²) in [6.45, 7) is 3.20. The van der Waals surface area contributed by atoms with Crippen LogP contribution in [0, 0.1) is 24.6 Å². The van der Waals surface area contributed by atoms with Gasteiger partial charge in [0.05, 0.1) is 11.7 Å². The second kappa shape index (κ2) is 7.63. The van der Waals surface area contributed by atoms with Crippen LogP contribution in [-0.2, 0) is 5.60 Å². The molecule has 0 bridgehead atoms. The fourth-order valence-electron chi connectivity index (χ4n) is 2.98. The normalized spacial score (nSPS) is 12.8. The molecule has 0 radical (unpaired) electrons. The summed E-state index contributed by atoms with van der Waals surface area (Å²) in [5.41, 5.74) is 5.24. The van der Waals surface area contributed by atoms with Crippen molar-refractivity contribution in [3.8, 4) is 23.2 Å². The first kappa shape index (κ1) is 20.2. The van der Waals surface area contributed by atoms with E-state index in [0.717, 1.165) is 0 Å². The Morgan fingerprint density at radius 1 is 1.23 bits per heavy atom. The number of carbonyl (C=O) groups is 1. The number of rotatable bonds is 3. The Balaban J connectivity index is 1.76. The maximum Gasteiger partial charge on any atom is 0.268 e. The molecule has 0 saturated carbocycles. The number of benzene rings is 2. The SMILES string of the molecule is Cc1cnc([C@@](C)(O)C#Cc2cccc(-c3nc(C(N)=O)c4ccc(F)cc4n3)c2)o1. The number of carbonyl (C=O) groups excluding carboxylic acids is 1. The van der Waals surface area contributed by atoms with Gasteiger partial charge >= 0.3 is 0 Å². The zero-order valence-electron chi connectivity index (χ0n) is 16.7. The summed E-state index contributed by atoms with van der Waals surface area (Å²) < 4.78 is 19.0. The number of fused-ring (bicyclic) bond motifs is 1. The van der Waals surface area contributed by atoms with Gasteiger partial charge in [-0.1, -0.05) is 24.0 Å². The summed E-state index contributed by atoms with van der Waals surface area (Å²) in [5, 5.41) is 10.9. The first-order chi connectivity index (χ1) is 14.7. The van der Waals surface area contributed by atoms with Crippen LogP contribution in [0.3, 0.4) is 0 Å². The van der Waals surface area contributed by atoms with Crippen LogP contribution in [0.1, 0.15) is 34.6 Å². The minimum Gasteiger partial charge on any atom is -0.442 e. The molecular formula is C23H17FN4O3. The molecule has 2 heterocycles. The van der Waals surface area contributed by atoms with E-state index >= 15 is 0 Å². The van der Waals surface area contributed by atoms with Crippen molar-refractivity contribution < 1.29 is 18.7 Å². The lowest BCUT2D eigenvalue weighted by Crippen LogP contribution is -2.18. The monoisotopic (exact) mass is 416 g/mol. The molecule has 4 aromatic rings. The van der Waals surface area contributed by atoms with Crippen LogP contribution in [0.2, 0.25) is 0 Å². The number of primary amides is 1. The summed E-state index contributed by atoms with van der Waals surface area (Å²) in [5.74, 6) is 5.24. The van der Waals surface area contributed by atoms with Gasteiger partial charge in [0.15, 0.2) is 11.4 Å². The number of hydrogen-bond acceptors (Lipinski definition) is 6. The molecule has 0 aliphatic heterocycles. The zero-order valence-corrected chi connectivity index (χ0v) is 16.7. The fraction of sp³-hybridized carbons (Fsp3) is 0.130. The number of aryl methyl sites for hydroxylation is 1. The second-order valence-corrected chi connectivity index (χ2v) is 7.10. The molecule has 4 rings (SSSR count). The third kappa shape index (κ3) is 4.13. The number of oxazole rings is 1. The molecule has 2 aromatic carbocycles. The molecule has 154 valence electrons. The van der Waals surface area contributed by atoms with Gasteiger partial charge in [-0.15, -0.1) is 0 Å². The van der Waals surface area contributed by atoms with Crippen LogP contribution < -0.4 is 5.73 Å². The predicted octanol–water partition coefficient (Wildman–Crippen LogP) is 3.09. The molecule has 0 fully saturated rings. The molecule has 0 spiro atoms. The summed E-state index contributed by atoms with van der Waals surface area (Å²) >= 11 is 0. The molecule has 0 unspecified atom stereocenters. The first-order valence-corrected chi connectivity index (χ1v) is 9.29. The standard InChI is InChI=1S/C23H17FN4O3/c1-13-12-26-22(31-13)23(2,30)9-8-14-4-3-5-15(10-14)21-27-18-11-16(24)6-7-17(18)19(28-21)20(25)29/h3-7,10-12,30H,1-2H3,(H2,25,29)/t23-/m0/s1. The van der Waals surface area contributed by atoms with Crippen molar-refractivity contribution in [3.63, 3.8) is 0 Å². The van der Waals surface area contributed by atoms with E-state index in [-0.39, 0.29) is 22.9 Å². The number of amides is 1. The van der Waals surface area contributed by atoms with Gasteiger partial charge in [0.25, 0.3) is 5.91 Å². The van der Waals surface area contributed by atoms with Gasteiger partial charge in [0.2, 0.25) is 5.89 Å². The van der Waals surface area contributed by atoms with E-state index in [4.69, 9.17) is 10.2 Å². The topological polar surface area (TPSA) is 115 Å². The van der Waals surface area contributed by atoms with Gasteiger partial charge in [-0.3, -0.25) is 4.79 Å². The number of aliphatic hydroxyl groups is 1. The van der Waals surface area contributed by atoms with Crippen LogP contribution in [0.4, 0.5) is 4.39 Å². The van der Waals surface area contributed by atoms with E-state index in [1.54, 1.807) is 31.2 Å². The third-order valence-electron chi connectivity index (χ3n) is 4.50. The van der Waals surface area contributed by atoms with Crippen LogP contribution in [0.15, 0.2) is 53.1 Å². The van der Waals surface area contributed by atoms with E-state index in [0.29, 0.717) is 22.3 Å². The Morgan fingerprint density at radius 3 is 2.74 bits per heavy atom. The molecule has 1 atom stereocenters. The van der Waals surface area contributed by atoms with Crippen molar-refractivity contribution in [1.29, 1.82) is 0 Å². The van der Waals surface area contributed by atoms with E-state index in [2.05, 4.69) is 26.8 Å². The van der Waals surface area contributed by atoms with Crippen molar-refractivity contribution in [2.24, 2.45) is 5.73 Å². The largest absolute Gasteiger partial charge is 0.442 e. The fourth-order valence-corrected chi connectivity index (χ4v) is 2.98. The molecule has 3 N–H and O–H groups in total. The first-order valence-electron chi connectivity index (χ1n) is 9.29. The van der Waals surface area contributed by atoms with Crippen LogP contribution in [-0.4, -0.2) is 26.0 Å². The Morgan fingerprint density at radius 2 is 2.03 bits per heavy atom. The Labute approximate surface area is 176 Å². The Kier molecular flexibility index (Phi) is 4.97. The number of hydrogen-bond donors (Lipinski definition) is 2. The highest BCUT2D eigenvalue weighted by Gasteiger charge is 2.26. The van der Waals surface area contributed by atoms with Crippen molar-refractivity contribution in [1.82, 2.24) is 15.0 Å². The molecule has 1 amide bonds. The minimum absolute atomic E-state index is 0.00122. The predicted molar refractivity (Wildman–Crippen MR) is 111 cm³/mol. The number of nitrogens with zero attached hydrogens (tertiary/aromatic N) is 3. The van der Waals surface area contributed by atoms with Crippen LogP contribution in [0.25, 0.3) is 22.3 Å². The maximum atomic E-state index is 13.7. The Bertz CT molecular complexity index is 1380.